The van der Waals surface area contributed by atoms with Crippen molar-refractivity contribution in [3.05, 3.63) is 64.2 Å². The fourth-order valence-corrected chi connectivity index (χ4v) is 5.02. The Hall–Kier alpha value is -4.09. The van der Waals surface area contributed by atoms with Crippen LogP contribution in [0, 0.1) is 6.92 Å². The van der Waals surface area contributed by atoms with Crippen molar-refractivity contribution < 1.29 is 14.3 Å². The maximum atomic E-state index is 13.3. The summed E-state index contributed by atoms with van der Waals surface area (Å²) in [6.07, 6.45) is 3.15. The van der Waals surface area contributed by atoms with Gasteiger partial charge in [-0.3, -0.25) is 14.5 Å². The number of ether oxygens (including phenoxy) is 2. The summed E-state index contributed by atoms with van der Waals surface area (Å²) in [5.74, 6) is 0.0385. The fourth-order valence-electron chi connectivity index (χ4n) is 5.02. The molecule has 0 saturated carbocycles. The van der Waals surface area contributed by atoms with Gasteiger partial charge in [0.25, 0.3) is 11.5 Å². The van der Waals surface area contributed by atoms with Crippen molar-refractivity contribution in [2.75, 3.05) is 73.9 Å². The second-order valence-electron chi connectivity index (χ2n) is 9.80. The highest BCUT2D eigenvalue weighted by atomic mass is 16.5. The van der Waals surface area contributed by atoms with Gasteiger partial charge in [-0.05, 0) is 44.2 Å². The van der Waals surface area contributed by atoms with E-state index >= 15 is 0 Å². The molecule has 11 heteroatoms. The van der Waals surface area contributed by atoms with Crippen molar-refractivity contribution in [3.63, 3.8) is 0 Å². The summed E-state index contributed by atoms with van der Waals surface area (Å²) in [5, 5.41) is 9.38. The van der Waals surface area contributed by atoms with Crippen molar-refractivity contribution in [2.45, 2.75) is 19.9 Å². The van der Waals surface area contributed by atoms with E-state index in [1.54, 1.807) is 19.4 Å². The Labute approximate surface area is 227 Å². The number of nitrogens with zero attached hydrogens (tertiary/aromatic N) is 3. The van der Waals surface area contributed by atoms with Crippen LogP contribution in [0.5, 0.6) is 5.88 Å². The predicted octanol–water partition coefficient (Wildman–Crippen LogP) is 3.04. The maximum Gasteiger partial charge on any atom is 0.263 e. The zero-order valence-electron chi connectivity index (χ0n) is 22.5. The zero-order chi connectivity index (χ0) is 27.4. The molecule has 1 saturated heterocycles. The molecule has 0 spiro atoms. The number of rotatable bonds is 8. The summed E-state index contributed by atoms with van der Waals surface area (Å²) in [4.78, 5) is 37.8. The molecule has 0 bridgehead atoms. The van der Waals surface area contributed by atoms with E-state index in [4.69, 9.17) is 9.47 Å². The Bertz CT molecular complexity index is 1380. The highest BCUT2D eigenvalue weighted by molar-refractivity contribution is 6.08. The normalized spacial score (nSPS) is 17.1. The van der Waals surface area contributed by atoms with Crippen molar-refractivity contribution >= 4 is 34.3 Å². The molecule has 5 rings (SSSR count). The van der Waals surface area contributed by atoms with Crippen LogP contribution in [0.1, 0.15) is 22.8 Å². The summed E-state index contributed by atoms with van der Waals surface area (Å²) < 4.78 is 10.8. The number of piperazine rings is 1. The number of hydrogen-bond donors (Lipinski definition) is 4. The number of anilines is 5. The second-order valence-corrected chi connectivity index (χ2v) is 9.80. The fraction of sp³-hybridized carbons (Fsp3) is 0.393. The number of amides is 1. The molecule has 0 unspecified atom stereocenters. The number of carbonyl (C=O) groups is 1. The van der Waals surface area contributed by atoms with Crippen LogP contribution in [-0.2, 0) is 4.74 Å². The van der Waals surface area contributed by atoms with Gasteiger partial charge in [0.15, 0.2) is 0 Å². The second kappa shape index (κ2) is 11.7. The lowest BCUT2D eigenvalue weighted by atomic mass is 10.1. The number of aromatic nitrogens is 2. The molecular weight excluding hydrogens is 498 g/mol. The van der Waals surface area contributed by atoms with Gasteiger partial charge in [-0.1, -0.05) is 0 Å². The molecule has 0 aliphatic carbocycles. The van der Waals surface area contributed by atoms with Gasteiger partial charge in [0.2, 0.25) is 5.88 Å². The molecule has 1 fully saturated rings. The molecule has 11 nitrogen and oxygen atoms in total. The van der Waals surface area contributed by atoms with Crippen LogP contribution < -0.4 is 31.1 Å². The molecule has 1 atom stereocenters. The van der Waals surface area contributed by atoms with Crippen molar-refractivity contribution in [3.8, 4) is 5.88 Å². The first kappa shape index (κ1) is 26.5. The third-order valence-corrected chi connectivity index (χ3v) is 7.24. The first-order valence-electron chi connectivity index (χ1n) is 13.2. The molecule has 1 aromatic carbocycles. The lowest BCUT2D eigenvalue weighted by molar-refractivity contribution is 0.102. The van der Waals surface area contributed by atoms with Crippen LogP contribution in [0.2, 0.25) is 0 Å². The van der Waals surface area contributed by atoms with Crippen LogP contribution in [-0.4, -0.2) is 79.9 Å². The molecule has 39 heavy (non-hydrogen) atoms. The number of carbonyl (C=O) groups excluding carboxylic acids is 1. The number of H-pyrrole nitrogens is 1. The molecular formula is C28H35N7O4. The van der Waals surface area contributed by atoms with E-state index in [2.05, 4.69) is 42.6 Å². The van der Waals surface area contributed by atoms with Gasteiger partial charge < -0.3 is 35.3 Å². The summed E-state index contributed by atoms with van der Waals surface area (Å²) in [7, 11) is 1.73. The minimum atomic E-state index is -0.502. The predicted molar refractivity (Wildman–Crippen MR) is 153 cm³/mol. The molecule has 2 aliphatic rings. The minimum Gasteiger partial charge on any atom is -0.474 e. The average molecular weight is 534 g/mol. The molecule has 1 amide bonds. The first-order valence-corrected chi connectivity index (χ1v) is 13.2. The Balaban J connectivity index is 1.28. The van der Waals surface area contributed by atoms with Gasteiger partial charge in [-0.15, -0.1) is 0 Å². The number of nitrogens with one attached hydrogen (secondary N) is 4. The van der Waals surface area contributed by atoms with E-state index in [1.807, 2.05) is 31.2 Å². The van der Waals surface area contributed by atoms with E-state index in [-0.39, 0.29) is 5.56 Å². The van der Waals surface area contributed by atoms with E-state index in [0.717, 1.165) is 49.7 Å². The Morgan fingerprint density at radius 1 is 1.21 bits per heavy atom. The first-order chi connectivity index (χ1) is 18.9. The van der Waals surface area contributed by atoms with Crippen LogP contribution in [0.25, 0.3) is 0 Å². The highest BCUT2D eigenvalue weighted by Crippen LogP contribution is 2.34. The van der Waals surface area contributed by atoms with Gasteiger partial charge in [0, 0.05) is 69.0 Å². The number of aromatic amines is 1. The summed E-state index contributed by atoms with van der Waals surface area (Å²) in [5.41, 5.74) is 3.95. The van der Waals surface area contributed by atoms with Crippen LogP contribution >= 0.6 is 0 Å². The van der Waals surface area contributed by atoms with Crippen molar-refractivity contribution in [1.82, 2.24) is 14.9 Å². The van der Waals surface area contributed by atoms with Crippen LogP contribution in [0.15, 0.2) is 47.5 Å². The molecule has 4 heterocycles. The largest absolute Gasteiger partial charge is 0.474 e. The van der Waals surface area contributed by atoms with Gasteiger partial charge in [-0.25, -0.2) is 4.98 Å². The van der Waals surface area contributed by atoms with Gasteiger partial charge >= 0.3 is 0 Å². The molecule has 4 N–H and O–H groups in total. The Morgan fingerprint density at radius 2 is 2.03 bits per heavy atom. The van der Waals surface area contributed by atoms with Crippen LogP contribution in [0.3, 0.4) is 0 Å². The third-order valence-electron chi connectivity index (χ3n) is 7.24. The Kier molecular flexibility index (Phi) is 7.99. The summed E-state index contributed by atoms with van der Waals surface area (Å²) in [6.45, 7) is 9.87. The van der Waals surface area contributed by atoms with E-state index in [0.29, 0.717) is 42.1 Å². The molecule has 3 aromatic rings. The topological polar surface area (TPSA) is 124 Å². The van der Waals surface area contributed by atoms with E-state index in [1.165, 1.54) is 6.20 Å². The maximum absolute atomic E-state index is 13.3. The monoisotopic (exact) mass is 533 g/mol. The van der Waals surface area contributed by atoms with Gasteiger partial charge in [0.1, 0.15) is 17.9 Å². The standard InChI is InChI=1S/C28H35N7O4/c1-18-17-35(12-11-34(18)13-15-38-3)21-6-4-20(5-7-21)32-27(37)24-22(8-9-30-26(24)36)33-23-16-31-28-25(19(23)2)29-10-14-39-28/h4-9,16,18,29H,10-15,17H2,1-3H3,(H,32,37)(H2,30,33,36)/t18-/m0/s1. The number of methoxy groups -OCH3 is 1. The number of fused-ring (bicyclic) bond motifs is 1. The van der Waals surface area contributed by atoms with Gasteiger partial charge in [0.05, 0.1) is 24.2 Å². The van der Waals surface area contributed by atoms with Crippen LogP contribution in [0.4, 0.5) is 28.4 Å². The Morgan fingerprint density at radius 3 is 2.79 bits per heavy atom. The lowest BCUT2D eigenvalue weighted by Gasteiger charge is -2.41. The smallest absolute Gasteiger partial charge is 0.263 e. The molecule has 2 aromatic heterocycles. The molecule has 206 valence electrons. The van der Waals surface area contributed by atoms with Crippen molar-refractivity contribution in [1.29, 1.82) is 0 Å². The molecule has 0 radical (unpaired) electrons. The highest BCUT2D eigenvalue weighted by Gasteiger charge is 2.24. The van der Waals surface area contributed by atoms with E-state index < -0.39 is 11.5 Å². The SMILES string of the molecule is COCCN1CCN(c2ccc(NC(=O)c3c(Nc4cnc5c(c4C)NCCO5)cc[nH]c3=O)cc2)C[C@@H]1C. The average Bonchev–Trinajstić information content (AvgIpc) is 2.94. The van der Waals surface area contributed by atoms with Gasteiger partial charge in [-0.2, -0.15) is 0 Å². The number of pyridine rings is 2. The minimum absolute atomic E-state index is 0.0103. The van der Waals surface area contributed by atoms with E-state index in [9.17, 15) is 9.59 Å². The summed E-state index contributed by atoms with van der Waals surface area (Å²) in [6, 6.07) is 9.81. The quantitative estimate of drug-likeness (QED) is 0.346. The lowest BCUT2D eigenvalue weighted by Crippen LogP contribution is -2.52. The number of benzene rings is 1. The number of hydrogen-bond acceptors (Lipinski definition) is 9. The third kappa shape index (κ3) is 5.84. The molecule has 2 aliphatic heterocycles. The summed E-state index contributed by atoms with van der Waals surface area (Å²) >= 11 is 0. The zero-order valence-corrected chi connectivity index (χ0v) is 22.5. The van der Waals surface area contributed by atoms with Crippen molar-refractivity contribution in [2.24, 2.45) is 0 Å².